The zero-order chi connectivity index (χ0) is 25.1. The van der Waals surface area contributed by atoms with Crippen molar-refractivity contribution in [1.82, 2.24) is 24.8 Å². The Bertz CT molecular complexity index is 1600. The number of nitrogens with zero attached hydrogens (tertiary/aromatic N) is 3. The Morgan fingerprint density at radius 2 is 1.86 bits per heavy atom. The second-order valence-electron chi connectivity index (χ2n) is 8.69. The molecule has 0 bridgehead atoms. The molecule has 0 radical (unpaired) electrons. The summed E-state index contributed by atoms with van der Waals surface area (Å²) in [4.78, 5) is 36.6. The molecule has 8 heteroatoms. The summed E-state index contributed by atoms with van der Waals surface area (Å²) in [5.41, 5.74) is 6.01. The van der Waals surface area contributed by atoms with Crippen LogP contribution in [0.25, 0.3) is 11.0 Å². The highest BCUT2D eigenvalue weighted by atomic mass is 35.5. The number of fused-ring (bicyclic) bond motifs is 1. The van der Waals surface area contributed by atoms with E-state index in [1.807, 2.05) is 49.4 Å². The minimum atomic E-state index is -0.201. The lowest BCUT2D eigenvalue weighted by molar-refractivity contribution is 0.0950. The van der Waals surface area contributed by atoms with E-state index in [1.165, 1.54) is 0 Å². The Balaban J connectivity index is 1.23. The summed E-state index contributed by atoms with van der Waals surface area (Å²) in [6, 6.07) is 17.0. The van der Waals surface area contributed by atoms with Crippen molar-refractivity contribution in [2.24, 2.45) is 0 Å². The second-order valence-corrected chi connectivity index (χ2v) is 9.10. The number of rotatable bonds is 7. The SMILES string of the molecule is Cc1nc2[nH]cc(Cl)c2cc1CNC(=O)c1cncc(Cc2ccc(Cn3ccccc3=O)cc2)c1. The van der Waals surface area contributed by atoms with Crippen LogP contribution in [-0.4, -0.2) is 25.4 Å². The van der Waals surface area contributed by atoms with Crippen LogP contribution in [-0.2, 0) is 19.5 Å². The molecule has 1 aromatic carbocycles. The van der Waals surface area contributed by atoms with Crippen molar-refractivity contribution in [3.63, 3.8) is 0 Å². The maximum atomic E-state index is 12.8. The molecular formula is C28H24ClN5O2. The molecule has 4 aromatic heterocycles. The Labute approximate surface area is 212 Å². The number of amides is 1. The molecule has 0 spiro atoms. The predicted molar refractivity (Wildman–Crippen MR) is 140 cm³/mol. The van der Waals surface area contributed by atoms with Crippen molar-refractivity contribution in [2.45, 2.75) is 26.4 Å². The first-order valence-corrected chi connectivity index (χ1v) is 11.9. The first kappa shape index (κ1) is 23.5. The Morgan fingerprint density at radius 3 is 2.67 bits per heavy atom. The van der Waals surface area contributed by atoms with Gasteiger partial charge in [-0.2, -0.15) is 0 Å². The lowest BCUT2D eigenvalue weighted by Gasteiger charge is -2.10. The molecule has 36 heavy (non-hydrogen) atoms. The van der Waals surface area contributed by atoms with Crippen molar-refractivity contribution in [2.75, 3.05) is 0 Å². The molecule has 0 fully saturated rings. The number of carbonyl (C=O) groups is 1. The average Bonchev–Trinajstić information content (AvgIpc) is 3.24. The fraction of sp³-hybridized carbons (Fsp3) is 0.143. The summed E-state index contributed by atoms with van der Waals surface area (Å²) < 4.78 is 1.67. The average molecular weight is 498 g/mol. The van der Waals surface area contributed by atoms with Crippen LogP contribution in [0.3, 0.4) is 0 Å². The molecule has 5 rings (SSSR count). The van der Waals surface area contributed by atoms with Crippen LogP contribution in [0.2, 0.25) is 5.02 Å². The molecule has 1 amide bonds. The molecule has 0 unspecified atom stereocenters. The van der Waals surface area contributed by atoms with Gasteiger partial charge in [0.2, 0.25) is 0 Å². The third-order valence-electron chi connectivity index (χ3n) is 6.09. The summed E-state index contributed by atoms with van der Waals surface area (Å²) in [5, 5.41) is 4.39. The van der Waals surface area contributed by atoms with E-state index >= 15 is 0 Å². The van der Waals surface area contributed by atoms with Gasteiger partial charge in [0.05, 0.1) is 17.1 Å². The van der Waals surface area contributed by atoms with Gasteiger partial charge in [-0.05, 0) is 53.8 Å². The number of carbonyl (C=O) groups excluding carboxylic acids is 1. The van der Waals surface area contributed by atoms with Gasteiger partial charge < -0.3 is 14.9 Å². The maximum absolute atomic E-state index is 12.8. The van der Waals surface area contributed by atoms with Crippen molar-refractivity contribution >= 4 is 28.5 Å². The van der Waals surface area contributed by atoms with Gasteiger partial charge in [0.25, 0.3) is 11.5 Å². The highest BCUT2D eigenvalue weighted by Gasteiger charge is 2.11. The smallest absolute Gasteiger partial charge is 0.253 e. The van der Waals surface area contributed by atoms with Gasteiger partial charge in [0, 0.05) is 48.5 Å². The highest BCUT2D eigenvalue weighted by molar-refractivity contribution is 6.35. The molecule has 5 aromatic rings. The van der Waals surface area contributed by atoms with Crippen molar-refractivity contribution < 1.29 is 4.79 Å². The number of H-pyrrole nitrogens is 1. The van der Waals surface area contributed by atoms with E-state index in [2.05, 4.69) is 20.3 Å². The van der Waals surface area contributed by atoms with E-state index in [1.54, 1.807) is 41.5 Å². The summed E-state index contributed by atoms with van der Waals surface area (Å²) in [6.45, 7) is 2.77. The van der Waals surface area contributed by atoms with Crippen molar-refractivity contribution in [3.8, 4) is 0 Å². The fourth-order valence-electron chi connectivity index (χ4n) is 4.10. The number of hydrogen-bond donors (Lipinski definition) is 2. The van der Waals surface area contributed by atoms with Gasteiger partial charge >= 0.3 is 0 Å². The molecule has 180 valence electrons. The van der Waals surface area contributed by atoms with Gasteiger partial charge in [0.1, 0.15) is 5.65 Å². The molecule has 4 heterocycles. The van der Waals surface area contributed by atoms with Crippen LogP contribution in [0.5, 0.6) is 0 Å². The van der Waals surface area contributed by atoms with E-state index in [0.717, 1.165) is 39.0 Å². The van der Waals surface area contributed by atoms with Gasteiger partial charge in [-0.3, -0.25) is 14.6 Å². The van der Waals surface area contributed by atoms with E-state index < -0.39 is 0 Å². The van der Waals surface area contributed by atoms with Crippen LogP contribution in [0.1, 0.15) is 38.3 Å². The maximum Gasteiger partial charge on any atom is 0.253 e. The zero-order valence-electron chi connectivity index (χ0n) is 19.7. The summed E-state index contributed by atoms with van der Waals surface area (Å²) in [7, 11) is 0. The lowest BCUT2D eigenvalue weighted by atomic mass is 10.0. The third-order valence-corrected chi connectivity index (χ3v) is 6.40. The third kappa shape index (κ3) is 5.21. The van der Waals surface area contributed by atoms with E-state index in [-0.39, 0.29) is 11.5 Å². The molecule has 7 nitrogen and oxygen atoms in total. The van der Waals surface area contributed by atoms with E-state index in [0.29, 0.717) is 30.1 Å². The van der Waals surface area contributed by atoms with E-state index in [4.69, 9.17) is 11.6 Å². The predicted octanol–water partition coefficient (Wildman–Crippen LogP) is 4.65. The number of halogens is 1. The summed E-state index contributed by atoms with van der Waals surface area (Å²) in [6.07, 6.45) is 7.46. The first-order chi connectivity index (χ1) is 17.5. The van der Waals surface area contributed by atoms with E-state index in [9.17, 15) is 9.59 Å². The molecule has 2 N–H and O–H groups in total. The molecule has 0 atom stereocenters. The van der Waals surface area contributed by atoms with Crippen LogP contribution in [0, 0.1) is 6.92 Å². The number of aryl methyl sites for hydroxylation is 1. The van der Waals surface area contributed by atoms with Gasteiger partial charge in [-0.1, -0.05) is 41.9 Å². The molecule has 0 saturated carbocycles. The largest absolute Gasteiger partial charge is 0.348 e. The molecular weight excluding hydrogens is 474 g/mol. The molecule has 0 saturated heterocycles. The topological polar surface area (TPSA) is 92.7 Å². The number of nitrogens with one attached hydrogen (secondary N) is 2. The first-order valence-electron chi connectivity index (χ1n) is 11.5. The van der Waals surface area contributed by atoms with Crippen molar-refractivity contribution in [1.29, 1.82) is 0 Å². The van der Waals surface area contributed by atoms with Crippen LogP contribution in [0.15, 0.2) is 84.2 Å². The Hall–Kier alpha value is -4.23. The number of aromatic nitrogens is 4. The highest BCUT2D eigenvalue weighted by Crippen LogP contribution is 2.24. The van der Waals surface area contributed by atoms with Crippen molar-refractivity contribution in [3.05, 3.63) is 128 Å². The molecule has 0 aliphatic rings. The standard InChI is InChI=1S/C28H24ClN5O2/c1-18-22(12-24-25(29)16-31-27(24)33-18)15-32-28(36)23-11-21(13-30-14-23)10-19-5-7-20(8-6-19)17-34-9-3-2-4-26(34)35/h2-9,11-14,16H,10,15,17H2,1H3,(H,31,33)(H,32,36). The summed E-state index contributed by atoms with van der Waals surface area (Å²) in [5.74, 6) is -0.201. The summed E-state index contributed by atoms with van der Waals surface area (Å²) >= 11 is 6.21. The monoisotopic (exact) mass is 497 g/mol. The minimum Gasteiger partial charge on any atom is -0.348 e. The molecule has 0 aliphatic heterocycles. The quantitative estimate of drug-likeness (QED) is 0.342. The number of benzene rings is 1. The van der Waals surface area contributed by atoms with Crippen LogP contribution in [0.4, 0.5) is 0 Å². The van der Waals surface area contributed by atoms with Crippen LogP contribution >= 0.6 is 11.6 Å². The van der Waals surface area contributed by atoms with Gasteiger partial charge in [0.15, 0.2) is 0 Å². The number of pyridine rings is 3. The normalized spacial score (nSPS) is 11.1. The van der Waals surface area contributed by atoms with Gasteiger partial charge in [-0.25, -0.2) is 4.98 Å². The van der Waals surface area contributed by atoms with Crippen LogP contribution < -0.4 is 10.9 Å². The fourth-order valence-corrected chi connectivity index (χ4v) is 4.30. The number of hydrogen-bond acceptors (Lipinski definition) is 4. The zero-order valence-corrected chi connectivity index (χ0v) is 20.4. The van der Waals surface area contributed by atoms with Gasteiger partial charge in [-0.15, -0.1) is 0 Å². The lowest BCUT2D eigenvalue weighted by Crippen LogP contribution is -2.23. The minimum absolute atomic E-state index is 0.0250. The number of aromatic amines is 1. The molecule has 0 aliphatic carbocycles. The Kier molecular flexibility index (Phi) is 6.64. The Morgan fingerprint density at radius 1 is 1.06 bits per heavy atom. The second kappa shape index (κ2) is 10.2.